The van der Waals surface area contributed by atoms with Crippen LogP contribution in [0.25, 0.3) is 11.1 Å². The largest absolute Gasteiger partial charge is 0.755 e. The van der Waals surface area contributed by atoms with Gasteiger partial charge in [0.25, 0.3) is 0 Å². The highest BCUT2D eigenvalue weighted by Gasteiger charge is 2.31. The van der Waals surface area contributed by atoms with Crippen LogP contribution >= 0.6 is 0 Å². The Bertz CT molecular complexity index is 759. The first kappa shape index (κ1) is 20.1. The molecule has 0 aliphatic rings. The van der Waals surface area contributed by atoms with Gasteiger partial charge in [-0.1, -0.05) is 50.2 Å². The second-order valence-electron chi connectivity index (χ2n) is 6.16. The standard InChI is InChI=1S/C19H23NO5S/c1-13(2)18(19(22)25-3)20(26(23)24)17-10-8-16(9-11-17)15-6-4-14(12-21)5-7-15/h4-11,13,18,21H,12H2,1-3H3,(H,23,24)/p-1. The molecule has 0 saturated carbocycles. The first-order chi connectivity index (χ1) is 12.4. The predicted molar refractivity (Wildman–Crippen MR) is 99.8 cm³/mol. The molecule has 0 heterocycles. The molecule has 0 amide bonds. The fourth-order valence-electron chi connectivity index (χ4n) is 2.70. The van der Waals surface area contributed by atoms with Crippen molar-refractivity contribution in [3.8, 4) is 11.1 Å². The fourth-order valence-corrected chi connectivity index (χ4v) is 3.51. The van der Waals surface area contributed by atoms with E-state index in [0.29, 0.717) is 5.69 Å². The van der Waals surface area contributed by atoms with Crippen molar-refractivity contribution in [2.75, 3.05) is 11.4 Å². The van der Waals surface area contributed by atoms with E-state index >= 15 is 0 Å². The number of carbonyl (C=O) groups is 1. The molecule has 2 atom stereocenters. The highest BCUT2D eigenvalue weighted by Crippen LogP contribution is 2.27. The van der Waals surface area contributed by atoms with Gasteiger partial charge in [0.1, 0.15) is 6.04 Å². The minimum Gasteiger partial charge on any atom is -0.755 e. The van der Waals surface area contributed by atoms with Crippen molar-refractivity contribution in [3.63, 3.8) is 0 Å². The minimum absolute atomic E-state index is 0.0202. The number of carbonyl (C=O) groups excluding carboxylic acids is 1. The highest BCUT2D eigenvalue weighted by atomic mass is 32.2. The lowest BCUT2D eigenvalue weighted by Crippen LogP contribution is -2.46. The summed E-state index contributed by atoms with van der Waals surface area (Å²) in [6.45, 7) is 3.50. The lowest BCUT2D eigenvalue weighted by Gasteiger charge is -2.35. The van der Waals surface area contributed by atoms with Crippen LogP contribution in [0.2, 0.25) is 0 Å². The summed E-state index contributed by atoms with van der Waals surface area (Å²) in [5.41, 5.74) is 3.04. The van der Waals surface area contributed by atoms with E-state index in [0.717, 1.165) is 21.0 Å². The van der Waals surface area contributed by atoms with Gasteiger partial charge in [-0.2, -0.15) is 0 Å². The summed E-state index contributed by atoms with van der Waals surface area (Å²) in [6, 6.07) is 13.4. The molecule has 0 aliphatic carbocycles. The van der Waals surface area contributed by atoms with Crippen LogP contribution in [-0.4, -0.2) is 33.0 Å². The van der Waals surface area contributed by atoms with Crippen molar-refractivity contribution < 1.29 is 23.4 Å². The zero-order chi connectivity index (χ0) is 19.3. The molecule has 140 valence electrons. The molecule has 2 unspecified atom stereocenters. The van der Waals surface area contributed by atoms with E-state index in [4.69, 9.17) is 9.84 Å². The number of methoxy groups -OCH3 is 1. The summed E-state index contributed by atoms with van der Waals surface area (Å²) in [5.74, 6) is -0.862. The SMILES string of the molecule is COC(=O)C(C(C)C)N(c1ccc(-c2ccc(CO)cc2)cc1)S(=O)[O-]. The Kier molecular flexibility index (Phi) is 6.90. The number of ether oxygens (including phenoxy) is 1. The first-order valence-electron chi connectivity index (χ1n) is 8.15. The topological polar surface area (TPSA) is 89.9 Å². The lowest BCUT2D eigenvalue weighted by molar-refractivity contribution is -0.142. The Balaban J connectivity index is 2.35. The molecular weight excluding hydrogens is 354 g/mol. The van der Waals surface area contributed by atoms with Crippen molar-refractivity contribution in [3.05, 3.63) is 54.1 Å². The number of rotatable bonds is 7. The number of benzene rings is 2. The molecule has 0 radical (unpaired) electrons. The summed E-state index contributed by atoms with van der Waals surface area (Å²) < 4.78 is 29.4. The number of aliphatic hydroxyl groups is 1. The average Bonchev–Trinajstić information content (AvgIpc) is 2.65. The number of hydrogen-bond acceptors (Lipinski definition) is 5. The fraction of sp³-hybridized carbons (Fsp3) is 0.316. The summed E-state index contributed by atoms with van der Waals surface area (Å²) in [5, 5.41) is 9.11. The molecule has 0 fully saturated rings. The third kappa shape index (κ3) is 4.49. The maximum absolute atomic E-state index is 12.1. The van der Waals surface area contributed by atoms with Crippen LogP contribution in [0.15, 0.2) is 48.5 Å². The van der Waals surface area contributed by atoms with Crippen molar-refractivity contribution >= 4 is 22.9 Å². The number of nitrogens with zero attached hydrogens (tertiary/aromatic N) is 1. The molecule has 26 heavy (non-hydrogen) atoms. The van der Waals surface area contributed by atoms with Gasteiger partial charge in [-0.05, 0) is 34.7 Å². The van der Waals surface area contributed by atoms with Gasteiger partial charge in [-0.25, -0.2) is 4.79 Å². The Labute approximate surface area is 155 Å². The van der Waals surface area contributed by atoms with Crippen molar-refractivity contribution in [2.45, 2.75) is 26.5 Å². The molecule has 0 spiro atoms. The van der Waals surface area contributed by atoms with E-state index < -0.39 is 23.3 Å². The monoisotopic (exact) mass is 376 g/mol. The number of hydrogen-bond donors (Lipinski definition) is 1. The molecule has 7 heteroatoms. The average molecular weight is 376 g/mol. The summed E-state index contributed by atoms with van der Waals surface area (Å²) in [4.78, 5) is 12.1. The third-order valence-electron chi connectivity index (χ3n) is 4.08. The number of anilines is 1. The molecule has 0 saturated heterocycles. The third-order valence-corrected chi connectivity index (χ3v) is 4.84. The van der Waals surface area contributed by atoms with E-state index in [1.807, 2.05) is 24.3 Å². The Hall–Kier alpha value is -2.22. The molecule has 1 N–H and O–H groups in total. The van der Waals surface area contributed by atoms with E-state index in [1.165, 1.54) is 7.11 Å². The summed E-state index contributed by atoms with van der Waals surface area (Å²) >= 11 is -2.63. The normalized spacial score (nSPS) is 13.3. The van der Waals surface area contributed by atoms with Gasteiger partial charge >= 0.3 is 5.97 Å². The Morgan fingerprint density at radius 2 is 1.62 bits per heavy atom. The van der Waals surface area contributed by atoms with Gasteiger partial charge in [0, 0.05) is 17.0 Å². The summed E-state index contributed by atoms with van der Waals surface area (Å²) in [6.07, 6.45) is 0. The first-order valence-corrected chi connectivity index (χ1v) is 9.19. The minimum atomic E-state index is -2.63. The second-order valence-corrected chi connectivity index (χ2v) is 6.98. The van der Waals surface area contributed by atoms with Gasteiger partial charge in [-0.3, -0.25) is 8.51 Å². The molecule has 0 bridgehead atoms. The smallest absolute Gasteiger partial charge is 0.329 e. The molecule has 0 aromatic heterocycles. The second kappa shape index (κ2) is 8.93. The molecule has 0 aliphatic heterocycles. The van der Waals surface area contributed by atoms with Crippen LogP contribution in [0.5, 0.6) is 0 Å². The maximum atomic E-state index is 12.1. The zero-order valence-electron chi connectivity index (χ0n) is 14.9. The van der Waals surface area contributed by atoms with Gasteiger partial charge in [0.15, 0.2) is 0 Å². The molecule has 2 aromatic carbocycles. The highest BCUT2D eigenvalue weighted by molar-refractivity contribution is 7.80. The van der Waals surface area contributed by atoms with Crippen molar-refractivity contribution in [1.82, 2.24) is 0 Å². The zero-order valence-corrected chi connectivity index (χ0v) is 15.7. The van der Waals surface area contributed by atoms with Crippen LogP contribution in [0.1, 0.15) is 19.4 Å². The lowest BCUT2D eigenvalue weighted by atomic mass is 10.0. The quantitative estimate of drug-likeness (QED) is 0.593. The Morgan fingerprint density at radius 1 is 1.12 bits per heavy atom. The van der Waals surface area contributed by atoms with Gasteiger partial charge < -0.3 is 14.4 Å². The van der Waals surface area contributed by atoms with Gasteiger partial charge in [0.05, 0.1) is 13.7 Å². The molecule has 2 aromatic rings. The van der Waals surface area contributed by atoms with Gasteiger partial charge in [0.2, 0.25) is 0 Å². The van der Waals surface area contributed by atoms with E-state index in [-0.39, 0.29) is 12.5 Å². The number of aliphatic hydroxyl groups excluding tert-OH is 1. The van der Waals surface area contributed by atoms with Crippen LogP contribution in [0.4, 0.5) is 5.69 Å². The molecule has 6 nitrogen and oxygen atoms in total. The van der Waals surface area contributed by atoms with E-state index in [1.54, 1.807) is 38.1 Å². The maximum Gasteiger partial charge on any atom is 0.329 e. The summed E-state index contributed by atoms with van der Waals surface area (Å²) in [7, 11) is 1.24. The van der Waals surface area contributed by atoms with Crippen LogP contribution in [0, 0.1) is 5.92 Å². The van der Waals surface area contributed by atoms with Crippen molar-refractivity contribution in [2.24, 2.45) is 5.92 Å². The van der Waals surface area contributed by atoms with E-state index in [9.17, 15) is 13.6 Å². The van der Waals surface area contributed by atoms with Crippen molar-refractivity contribution in [1.29, 1.82) is 0 Å². The van der Waals surface area contributed by atoms with Crippen LogP contribution in [0.3, 0.4) is 0 Å². The van der Waals surface area contributed by atoms with E-state index in [2.05, 4.69) is 0 Å². The van der Waals surface area contributed by atoms with Crippen LogP contribution < -0.4 is 4.31 Å². The molecule has 2 rings (SSSR count). The van der Waals surface area contributed by atoms with Gasteiger partial charge in [-0.15, -0.1) is 0 Å². The molecular formula is C19H22NO5S-. The number of esters is 1. The predicted octanol–water partition coefficient (Wildman–Crippen LogP) is 2.64. The van der Waals surface area contributed by atoms with Crippen LogP contribution in [-0.2, 0) is 27.4 Å². The Morgan fingerprint density at radius 3 is 2.00 bits per heavy atom.